The number of nitrogens with one attached hydrogen (secondary N) is 1. The third-order valence-corrected chi connectivity index (χ3v) is 4.33. The largest absolute Gasteiger partial charge is 0.447 e. The normalized spacial score (nSPS) is 14.3. The van der Waals surface area contributed by atoms with Crippen LogP contribution in [0.15, 0.2) is 21.6 Å². The van der Waals surface area contributed by atoms with Gasteiger partial charge in [0.05, 0.1) is 6.54 Å². The minimum Gasteiger partial charge on any atom is -0.447 e. The maximum Gasteiger partial charge on any atom is 0.275 e. The Bertz CT molecular complexity index is 494. The maximum atomic E-state index is 11.8. The molecule has 0 aromatic carbocycles. The molecule has 1 atom stereocenters. The molecule has 6 nitrogen and oxygen atoms in total. The van der Waals surface area contributed by atoms with E-state index in [4.69, 9.17) is 4.42 Å². The van der Waals surface area contributed by atoms with Crippen molar-refractivity contribution in [3.05, 3.63) is 17.9 Å². The quantitative estimate of drug-likeness (QED) is 0.795. The van der Waals surface area contributed by atoms with Crippen LogP contribution in [0.5, 0.6) is 0 Å². The molecule has 1 N–H and O–H groups in total. The number of nitrogens with zero attached hydrogens (tertiary/aromatic N) is 2. The fraction of sp³-hybridized carbons (Fsp3) is 0.667. The summed E-state index contributed by atoms with van der Waals surface area (Å²) in [5, 5.41) is 3.26. The number of hydrogen-bond donors (Lipinski definition) is 1. The summed E-state index contributed by atoms with van der Waals surface area (Å²) >= 11 is 0. The molecule has 0 saturated heterocycles. The fourth-order valence-electron chi connectivity index (χ4n) is 1.66. The van der Waals surface area contributed by atoms with Gasteiger partial charge in [-0.15, -0.1) is 0 Å². The van der Waals surface area contributed by atoms with E-state index in [1.807, 2.05) is 14.1 Å². The van der Waals surface area contributed by atoms with Crippen LogP contribution in [0.1, 0.15) is 12.7 Å². The summed E-state index contributed by atoms with van der Waals surface area (Å²) in [7, 11) is 3.49. The van der Waals surface area contributed by atoms with Gasteiger partial charge in [-0.2, -0.15) is 0 Å². The average molecular weight is 289 g/mol. The Hall–Kier alpha value is -0.890. The Balaban J connectivity index is 2.62. The van der Waals surface area contributed by atoms with Crippen LogP contribution < -0.4 is 5.32 Å². The molecule has 1 aromatic rings. The first kappa shape index (κ1) is 16.2. The fourth-order valence-corrected chi connectivity index (χ4v) is 2.47. The van der Waals surface area contributed by atoms with Gasteiger partial charge >= 0.3 is 0 Å². The smallest absolute Gasteiger partial charge is 0.275 e. The van der Waals surface area contributed by atoms with Crippen molar-refractivity contribution in [3.63, 3.8) is 0 Å². The van der Waals surface area contributed by atoms with Crippen LogP contribution in [0, 0.1) is 0 Å². The second-order valence-corrected chi connectivity index (χ2v) is 7.14. The molecule has 0 fully saturated rings. The predicted octanol–water partition coefficient (Wildman–Crippen LogP) is 0.570. The van der Waals surface area contributed by atoms with Crippen molar-refractivity contribution < 1.29 is 12.8 Å². The van der Waals surface area contributed by atoms with Crippen molar-refractivity contribution in [2.45, 2.75) is 24.6 Å². The highest BCUT2D eigenvalue weighted by molar-refractivity contribution is 7.88. The molecular formula is C12H23N3O3S. The van der Waals surface area contributed by atoms with Gasteiger partial charge in [0.25, 0.3) is 10.0 Å². The van der Waals surface area contributed by atoms with Crippen molar-refractivity contribution in [2.75, 3.05) is 34.7 Å². The molecule has 7 heteroatoms. The SMILES string of the molecule is CC(CN(C)C)NCc1ccc(S(=O)(=O)N(C)C)o1. The maximum absolute atomic E-state index is 11.8. The molecule has 19 heavy (non-hydrogen) atoms. The Morgan fingerprint density at radius 2 is 1.89 bits per heavy atom. The van der Waals surface area contributed by atoms with E-state index >= 15 is 0 Å². The topological polar surface area (TPSA) is 65.8 Å². The summed E-state index contributed by atoms with van der Waals surface area (Å²) in [6.07, 6.45) is 0. The zero-order chi connectivity index (χ0) is 14.6. The van der Waals surface area contributed by atoms with Crippen molar-refractivity contribution >= 4 is 10.0 Å². The summed E-state index contributed by atoms with van der Waals surface area (Å²) in [5.41, 5.74) is 0. The standard InChI is InChI=1S/C12H23N3O3S/c1-10(9-14(2)3)13-8-11-6-7-12(18-11)19(16,17)15(4)5/h6-7,10,13H,8-9H2,1-5H3. The van der Waals surface area contributed by atoms with Gasteiger partial charge in [0.1, 0.15) is 5.76 Å². The highest BCUT2D eigenvalue weighted by atomic mass is 32.2. The van der Waals surface area contributed by atoms with Crippen molar-refractivity contribution in [1.29, 1.82) is 0 Å². The van der Waals surface area contributed by atoms with Crippen molar-refractivity contribution in [2.24, 2.45) is 0 Å². The van der Waals surface area contributed by atoms with Gasteiger partial charge in [-0.25, -0.2) is 12.7 Å². The predicted molar refractivity (Wildman–Crippen MR) is 74.4 cm³/mol. The lowest BCUT2D eigenvalue weighted by Crippen LogP contribution is -2.35. The van der Waals surface area contributed by atoms with Crippen LogP contribution in [0.4, 0.5) is 0 Å². The lowest BCUT2D eigenvalue weighted by Gasteiger charge is -2.17. The molecule has 0 aliphatic heterocycles. The van der Waals surface area contributed by atoms with Gasteiger partial charge in [-0.1, -0.05) is 0 Å². The van der Waals surface area contributed by atoms with E-state index in [1.54, 1.807) is 6.07 Å². The second-order valence-electron chi connectivity index (χ2n) is 5.05. The monoisotopic (exact) mass is 289 g/mol. The Labute approximate surface area is 115 Å². The third kappa shape index (κ3) is 4.61. The summed E-state index contributed by atoms with van der Waals surface area (Å²) in [6.45, 7) is 3.49. The van der Waals surface area contributed by atoms with Gasteiger partial charge in [0, 0.05) is 26.7 Å². The summed E-state index contributed by atoms with van der Waals surface area (Å²) in [4.78, 5) is 2.09. The van der Waals surface area contributed by atoms with Gasteiger partial charge in [0.2, 0.25) is 5.09 Å². The van der Waals surface area contributed by atoms with E-state index in [1.165, 1.54) is 20.2 Å². The van der Waals surface area contributed by atoms with E-state index in [-0.39, 0.29) is 5.09 Å². The van der Waals surface area contributed by atoms with Crippen molar-refractivity contribution in [3.8, 4) is 0 Å². The van der Waals surface area contributed by atoms with Gasteiger partial charge in [-0.3, -0.25) is 0 Å². The van der Waals surface area contributed by atoms with Gasteiger partial charge in [-0.05, 0) is 33.2 Å². The molecule has 1 heterocycles. The highest BCUT2D eigenvalue weighted by Gasteiger charge is 2.21. The molecule has 0 bridgehead atoms. The van der Waals surface area contributed by atoms with E-state index in [0.29, 0.717) is 18.3 Å². The molecular weight excluding hydrogens is 266 g/mol. The molecule has 110 valence electrons. The Morgan fingerprint density at radius 3 is 2.42 bits per heavy atom. The van der Waals surface area contributed by atoms with Crippen LogP contribution >= 0.6 is 0 Å². The molecule has 0 radical (unpaired) electrons. The minimum absolute atomic E-state index is 0.0189. The third-order valence-electron chi connectivity index (χ3n) is 2.64. The van der Waals surface area contributed by atoms with Crippen molar-refractivity contribution in [1.82, 2.24) is 14.5 Å². The van der Waals surface area contributed by atoms with E-state index < -0.39 is 10.0 Å². The average Bonchev–Trinajstić information content (AvgIpc) is 2.74. The molecule has 0 aliphatic carbocycles. The van der Waals surface area contributed by atoms with Crippen LogP contribution in [0.2, 0.25) is 0 Å². The molecule has 1 aromatic heterocycles. The second kappa shape index (κ2) is 6.51. The first-order chi connectivity index (χ1) is 8.73. The first-order valence-electron chi connectivity index (χ1n) is 6.13. The van der Waals surface area contributed by atoms with E-state index in [2.05, 4.69) is 17.1 Å². The first-order valence-corrected chi connectivity index (χ1v) is 7.57. The molecule has 1 unspecified atom stereocenters. The number of sulfonamides is 1. The van der Waals surface area contributed by atoms with Crippen LogP contribution in [-0.2, 0) is 16.6 Å². The number of likely N-dealkylation sites (N-methyl/N-ethyl adjacent to an activating group) is 1. The van der Waals surface area contributed by atoms with Crippen LogP contribution in [0.3, 0.4) is 0 Å². The summed E-state index contributed by atoms with van der Waals surface area (Å²) in [5.74, 6) is 0.617. The van der Waals surface area contributed by atoms with Gasteiger partial charge in [0.15, 0.2) is 0 Å². The summed E-state index contributed by atoms with van der Waals surface area (Å²) < 4.78 is 30.2. The lowest BCUT2D eigenvalue weighted by molar-refractivity contribution is 0.332. The zero-order valence-corrected chi connectivity index (χ0v) is 13.0. The van der Waals surface area contributed by atoms with Crippen LogP contribution in [0.25, 0.3) is 0 Å². The Kier molecular flexibility index (Phi) is 5.54. The molecule has 0 spiro atoms. The molecule has 0 amide bonds. The highest BCUT2D eigenvalue weighted by Crippen LogP contribution is 2.16. The number of rotatable bonds is 7. The van der Waals surface area contributed by atoms with Gasteiger partial charge < -0.3 is 14.6 Å². The molecule has 0 aliphatic rings. The number of furan rings is 1. The molecule has 0 saturated carbocycles. The summed E-state index contributed by atoms with van der Waals surface area (Å²) in [6, 6.07) is 3.48. The molecule has 1 rings (SSSR count). The number of hydrogen-bond acceptors (Lipinski definition) is 5. The minimum atomic E-state index is -3.48. The van der Waals surface area contributed by atoms with Crippen LogP contribution in [-0.4, -0.2) is 58.4 Å². The van der Waals surface area contributed by atoms with E-state index in [9.17, 15) is 8.42 Å². The lowest BCUT2D eigenvalue weighted by atomic mass is 10.3. The zero-order valence-electron chi connectivity index (χ0n) is 12.2. The van der Waals surface area contributed by atoms with E-state index in [0.717, 1.165) is 10.8 Å². The Morgan fingerprint density at radius 1 is 1.26 bits per heavy atom.